The molecular weight excluding hydrogens is 186 g/mol. The second kappa shape index (κ2) is 3.78. The van der Waals surface area contributed by atoms with Gasteiger partial charge in [-0.3, -0.25) is 4.79 Å². The highest BCUT2D eigenvalue weighted by molar-refractivity contribution is 5.95. The zero-order valence-electron chi connectivity index (χ0n) is 7.23. The maximum absolute atomic E-state index is 10.6. The van der Waals surface area contributed by atoms with Gasteiger partial charge in [0, 0.05) is 5.69 Å². The smallest absolute Gasteiger partial charge is 0.337 e. The molecule has 0 spiro atoms. The SMILES string of the molecule is Nc1c(CC(=O)O)cccc1C(=O)O. The quantitative estimate of drug-likeness (QED) is 0.613. The Labute approximate surface area is 79.8 Å². The van der Waals surface area contributed by atoms with Gasteiger partial charge >= 0.3 is 11.9 Å². The van der Waals surface area contributed by atoms with E-state index in [1.807, 2.05) is 0 Å². The van der Waals surface area contributed by atoms with Crippen LogP contribution >= 0.6 is 0 Å². The molecule has 0 fully saturated rings. The van der Waals surface area contributed by atoms with Gasteiger partial charge in [-0.05, 0) is 11.6 Å². The van der Waals surface area contributed by atoms with Crippen LogP contribution in [0.5, 0.6) is 0 Å². The van der Waals surface area contributed by atoms with Gasteiger partial charge in [-0.25, -0.2) is 4.79 Å². The number of para-hydroxylation sites is 1. The number of aromatic carboxylic acids is 1. The molecule has 0 aliphatic heterocycles. The maximum atomic E-state index is 10.6. The van der Waals surface area contributed by atoms with Crippen molar-refractivity contribution in [1.29, 1.82) is 0 Å². The highest BCUT2D eigenvalue weighted by atomic mass is 16.4. The average Bonchev–Trinajstić information content (AvgIpc) is 2.07. The highest BCUT2D eigenvalue weighted by Gasteiger charge is 2.12. The van der Waals surface area contributed by atoms with E-state index in [0.29, 0.717) is 5.56 Å². The maximum Gasteiger partial charge on any atom is 0.337 e. The summed E-state index contributed by atoms with van der Waals surface area (Å²) >= 11 is 0. The first-order chi connectivity index (χ1) is 6.52. The lowest BCUT2D eigenvalue weighted by atomic mass is 10.1. The third-order valence-corrected chi connectivity index (χ3v) is 1.77. The molecule has 74 valence electrons. The van der Waals surface area contributed by atoms with E-state index in [0.717, 1.165) is 0 Å². The van der Waals surface area contributed by atoms with Crippen molar-refractivity contribution in [2.75, 3.05) is 5.73 Å². The Morgan fingerprint density at radius 3 is 2.43 bits per heavy atom. The monoisotopic (exact) mass is 195 g/mol. The van der Waals surface area contributed by atoms with E-state index in [-0.39, 0.29) is 17.7 Å². The van der Waals surface area contributed by atoms with Crippen molar-refractivity contribution in [3.63, 3.8) is 0 Å². The fourth-order valence-electron chi connectivity index (χ4n) is 1.12. The number of anilines is 1. The van der Waals surface area contributed by atoms with Gasteiger partial charge in [0.2, 0.25) is 0 Å². The molecule has 1 aromatic carbocycles. The third-order valence-electron chi connectivity index (χ3n) is 1.77. The first-order valence-electron chi connectivity index (χ1n) is 3.85. The Bertz CT molecular complexity index is 386. The molecule has 4 N–H and O–H groups in total. The Balaban J connectivity index is 3.13. The number of carbonyl (C=O) groups is 2. The molecule has 0 aromatic heterocycles. The molecule has 0 bridgehead atoms. The molecule has 0 atom stereocenters. The van der Waals surface area contributed by atoms with E-state index < -0.39 is 11.9 Å². The summed E-state index contributed by atoms with van der Waals surface area (Å²) in [5.74, 6) is -2.20. The van der Waals surface area contributed by atoms with E-state index in [1.165, 1.54) is 18.2 Å². The predicted molar refractivity (Wildman–Crippen MR) is 49.2 cm³/mol. The summed E-state index contributed by atoms with van der Waals surface area (Å²) in [5, 5.41) is 17.2. The minimum absolute atomic E-state index is 0.0161. The Kier molecular flexibility index (Phi) is 2.71. The molecule has 0 saturated carbocycles. The second-order valence-corrected chi connectivity index (χ2v) is 2.75. The Hall–Kier alpha value is -2.04. The van der Waals surface area contributed by atoms with Crippen LogP contribution in [0, 0.1) is 0 Å². The van der Waals surface area contributed by atoms with Gasteiger partial charge in [0.25, 0.3) is 0 Å². The Morgan fingerprint density at radius 2 is 1.93 bits per heavy atom. The number of aliphatic carboxylic acids is 1. The molecule has 5 nitrogen and oxygen atoms in total. The number of benzene rings is 1. The van der Waals surface area contributed by atoms with Gasteiger partial charge in [0.05, 0.1) is 12.0 Å². The summed E-state index contributed by atoms with van der Waals surface area (Å²) in [6.45, 7) is 0. The summed E-state index contributed by atoms with van der Waals surface area (Å²) in [7, 11) is 0. The standard InChI is InChI=1S/C9H9NO4/c10-8-5(4-7(11)12)2-1-3-6(8)9(13)14/h1-3H,4,10H2,(H,11,12)(H,13,14). The van der Waals surface area contributed by atoms with Crippen LogP contribution in [0.4, 0.5) is 5.69 Å². The lowest BCUT2D eigenvalue weighted by Gasteiger charge is -2.05. The van der Waals surface area contributed by atoms with Crippen LogP contribution in [0.25, 0.3) is 0 Å². The first-order valence-corrected chi connectivity index (χ1v) is 3.85. The normalized spacial score (nSPS) is 9.71. The van der Waals surface area contributed by atoms with Crippen LogP contribution in [0.3, 0.4) is 0 Å². The van der Waals surface area contributed by atoms with Crippen LogP contribution in [0.1, 0.15) is 15.9 Å². The molecule has 0 aliphatic rings. The van der Waals surface area contributed by atoms with Crippen molar-refractivity contribution in [3.05, 3.63) is 29.3 Å². The van der Waals surface area contributed by atoms with Gasteiger partial charge in [0.15, 0.2) is 0 Å². The number of carboxylic acids is 2. The summed E-state index contributed by atoms with van der Waals surface area (Å²) in [6.07, 6.45) is -0.271. The van der Waals surface area contributed by atoms with Gasteiger partial charge < -0.3 is 15.9 Å². The number of carboxylic acid groups (broad SMARTS) is 2. The van der Waals surface area contributed by atoms with Crippen molar-refractivity contribution in [1.82, 2.24) is 0 Å². The van der Waals surface area contributed by atoms with Gasteiger partial charge in [-0.1, -0.05) is 12.1 Å². The molecule has 5 heteroatoms. The average molecular weight is 195 g/mol. The number of rotatable bonds is 3. The molecular formula is C9H9NO4. The van der Waals surface area contributed by atoms with E-state index in [4.69, 9.17) is 15.9 Å². The fourth-order valence-corrected chi connectivity index (χ4v) is 1.12. The third kappa shape index (κ3) is 2.01. The van der Waals surface area contributed by atoms with Crippen molar-refractivity contribution < 1.29 is 19.8 Å². The first kappa shape index (κ1) is 10.0. The van der Waals surface area contributed by atoms with E-state index in [2.05, 4.69) is 0 Å². The summed E-state index contributed by atoms with van der Waals surface area (Å²) in [5.41, 5.74) is 5.76. The van der Waals surface area contributed by atoms with Crippen LogP contribution in [-0.2, 0) is 11.2 Å². The van der Waals surface area contributed by atoms with Crippen LogP contribution in [0.2, 0.25) is 0 Å². The zero-order chi connectivity index (χ0) is 10.7. The minimum Gasteiger partial charge on any atom is -0.481 e. The zero-order valence-corrected chi connectivity index (χ0v) is 7.23. The second-order valence-electron chi connectivity index (χ2n) is 2.75. The molecule has 0 radical (unpaired) electrons. The highest BCUT2D eigenvalue weighted by Crippen LogP contribution is 2.17. The minimum atomic E-state index is -1.16. The molecule has 1 rings (SSSR count). The van der Waals surface area contributed by atoms with Crippen molar-refractivity contribution in [2.45, 2.75) is 6.42 Å². The largest absolute Gasteiger partial charge is 0.481 e. The van der Waals surface area contributed by atoms with Crippen molar-refractivity contribution >= 4 is 17.6 Å². The molecule has 1 aromatic rings. The number of nitrogen functional groups attached to an aromatic ring is 1. The lowest BCUT2D eigenvalue weighted by molar-refractivity contribution is -0.136. The topological polar surface area (TPSA) is 101 Å². The number of nitrogens with two attached hydrogens (primary N) is 1. The Morgan fingerprint density at radius 1 is 1.29 bits per heavy atom. The van der Waals surface area contributed by atoms with Gasteiger partial charge in [0.1, 0.15) is 0 Å². The van der Waals surface area contributed by atoms with Crippen molar-refractivity contribution in [2.24, 2.45) is 0 Å². The molecule has 0 unspecified atom stereocenters. The molecule has 0 saturated heterocycles. The number of hydrogen-bond donors (Lipinski definition) is 3. The number of hydrogen-bond acceptors (Lipinski definition) is 3. The lowest BCUT2D eigenvalue weighted by Crippen LogP contribution is -2.08. The van der Waals surface area contributed by atoms with E-state index in [1.54, 1.807) is 0 Å². The van der Waals surface area contributed by atoms with Crippen LogP contribution in [-0.4, -0.2) is 22.2 Å². The molecule has 0 amide bonds. The van der Waals surface area contributed by atoms with E-state index >= 15 is 0 Å². The molecule has 0 heterocycles. The molecule has 14 heavy (non-hydrogen) atoms. The van der Waals surface area contributed by atoms with Crippen LogP contribution < -0.4 is 5.73 Å². The fraction of sp³-hybridized carbons (Fsp3) is 0.111. The predicted octanol–water partition coefficient (Wildman–Crippen LogP) is 0.594. The molecule has 0 aliphatic carbocycles. The van der Waals surface area contributed by atoms with Crippen LogP contribution in [0.15, 0.2) is 18.2 Å². The summed E-state index contributed by atoms with van der Waals surface area (Å²) < 4.78 is 0. The van der Waals surface area contributed by atoms with E-state index in [9.17, 15) is 9.59 Å². The summed E-state index contributed by atoms with van der Waals surface area (Å²) in [6, 6.07) is 4.30. The van der Waals surface area contributed by atoms with Gasteiger partial charge in [-0.2, -0.15) is 0 Å². The van der Waals surface area contributed by atoms with Crippen molar-refractivity contribution in [3.8, 4) is 0 Å². The summed E-state index contributed by atoms with van der Waals surface area (Å²) in [4.78, 5) is 21.0. The van der Waals surface area contributed by atoms with Gasteiger partial charge in [-0.15, -0.1) is 0 Å².